The summed E-state index contributed by atoms with van der Waals surface area (Å²) in [5, 5.41) is 13.6. The molecule has 0 spiro atoms. The van der Waals surface area contributed by atoms with Crippen molar-refractivity contribution in [3.05, 3.63) is 443 Å². The first-order valence-corrected chi connectivity index (χ1v) is 46.8. The molecule has 0 fully saturated rings. The summed E-state index contributed by atoms with van der Waals surface area (Å²) in [6.45, 7) is 0. The molecule has 135 heavy (non-hydrogen) atoms. The van der Waals surface area contributed by atoms with E-state index in [4.69, 9.17) is 49.3 Å². The molecule has 0 aliphatic rings. The molecular weight excluding hydrogens is 1680 g/mol. The minimum Gasteiger partial charge on any atom is -0.456 e. The van der Waals surface area contributed by atoms with Gasteiger partial charge in [0.1, 0.15) is 11.2 Å². The summed E-state index contributed by atoms with van der Waals surface area (Å²) in [7, 11) is 0. The molecule has 0 aliphatic carbocycles. The highest BCUT2D eigenvalue weighted by Crippen LogP contribution is 2.48. The molecule has 0 saturated heterocycles. The van der Waals surface area contributed by atoms with E-state index in [9.17, 15) is 0 Å². The van der Waals surface area contributed by atoms with Crippen LogP contribution in [0.2, 0.25) is 0 Å². The Hall–Kier alpha value is -17.6. The lowest BCUT2D eigenvalue weighted by Crippen LogP contribution is -2.02. The van der Waals surface area contributed by atoms with Gasteiger partial charge in [0.25, 0.3) is 0 Å². The maximum Gasteiger partial charge on any atom is 0.164 e. The zero-order valence-electron chi connectivity index (χ0n) is 72.4. The smallest absolute Gasteiger partial charge is 0.164 e. The highest BCUT2D eigenvalue weighted by atomic mass is 32.1. The molecule has 6 aromatic heterocycles. The van der Waals surface area contributed by atoms with Gasteiger partial charge >= 0.3 is 0 Å². The number of hydrogen-bond donors (Lipinski definition) is 0. The Balaban J connectivity index is 0.604. The monoisotopic (exact) mass is 1760 g/mol. The van der Waals surface area contributed by atoms with Crippen molar-refractivity contribution < 1.29 is 4.42 Å². The van der Waals surface area contributed by atoms with Gasteiger partial charge in [-0.1, -0.05) is 352 Å². The summed E-state index contributed by atoms with van der Waals surface area (Å²) in [6, 6.07) is 157. The fourth-order valence-electron chi connectivity index (χ4n) is 19.4. The maximum atomic E-state index is 7.05. The van der Waals surface area contributed by atoms with Gasteiger partial charge in [-0.15, -0.1) is 22.7 Å². The van der Waals surface area contributed by atoms with Gasteiger partial charge in [0.05, 0.1) is 0 Å². The van der Waals surface area contributed by atoms with Crippen LogP contribution in [0, 0.1) is 0 Å². The molecule has 628 valence electrons. The van der Waals surface area contributed by atoms with Crippen molar-refractivity contribution in [3.63, 3.8) is 0 Å². The molecule has 10 nitrogen and oxygen atoms in total. The molecule has 0 amide bonds. The lowest BCUT2D eigenvalue weighted by Gasteiger charge is -2.15. The molecule has 0 saturated carbocycles. The molecule has 26 rings (SSSR count). The molecule has 0 aliphatic heterocycles. The SMILES string of the molecule is c1ccc(-c2nc(-c3ccc4ccccc4c3)nc(-c3cc(-c4ccc5oc6cc(-c7ccc(-c8cccc(-c9nc(-c%10ccccc%10)nc(-c%10ccc(-c%11cccc(-c%12cccc%13c%12sc%12ccccc%12%13)c%11)c%11ccccc%10%11)n9)c8)cc7-c7nc(-c8ccccc8)nc(-c8cccc(-c9cccc(-c%10cccc%11c%10sc%10ccccc%10%11)c9)c8)n7)ccc6c5c4)c4ccccc4c3)n2)cc1. The van der Waals surface area contributed by atoms with E-state index in [0.717, 1.165) is 166 Å². The van der Waals surface area contributed by atoms with Crippen molar-refractivity contribution in [1.29, 1.82) is 0 Å². The van der Waals surface area contributed by atoms with Crippen molar-refractivity contribution in [1.82, 2.24) is 44.9 Å². The van der Waals surface area contributed by atoms with Crippen LogP contribution in [0.3, 0.4) is 0 Å². The second-order valence-corrected chi connectivity index (χ2v) is 36.3. The molecule has 26 aromatic rings. The molecule has 0 unspecified atom stereocenters. The standard InChI is InChI=1S/C123H73N9OS2/c1-4-27-75(28-5-1)115-124-120(91-55-54-74-26-10-11-33-78(74)65-91)128-121(127-115)92-69-83-34-12-13-43-93(83)106(72-92)87-58-63-109-107(71-87)100-60-57-88(73-110(100)133-109)95-59-56-82(70-108(95)123-130-117(77-31-8-3-9-32-77)126-119(132-123)89-41-21-36-80(66-89)79-35-20-39-85(64-79)96-48-24-50-103-101-46-16-18-52-111(101)134-113(96)103)81-37-22-42-90(67-81)118-125-116(76-29-6-2-7-30-76)129-122(131-118)105-62-61-94(98-44-14-15-45-99(98)105)84-38-23-40-86(68-84)97-49-25-51-104-102-47-17-19-53-112(102)135-114(97)104/h1-73H. The van der Waals surface area contributed by atoms with E-state index in [1.165, 1.54) is 57.0 Å². The molecule has 0 radical (unpaired) electrons. The topological polar surface area (TPSA) is 129 Å². The van der Waals surface area contributed by atoms with E-state index in [2.05, 4.69) is 376 Å². The third-order valence-corrected chi connectivity index (χ3v) is 28.5. The number of benzene rings is 20. The predicted molar refractivity (Wildman–Crippen MR) is 559 cm³/mol. The van der Waals surface area contributed by atoms with Crippen LogP contribution in [-0.4, -0.2) is 44.9 Å². The maximum absolute atomic E-state index is 7.05. The Morgan fingerprint density at radius 2 is 0.489 bits per heavy atom. The Labute approximate surface area is 784 Å². The number of aromatic nitrogens is 9. The molecule has 0 N–H and O–H groups in total. The fourth-order valence-corrected chi connectivity index (χ4v) is 21.9. The number of furan rings is 1. The lowest BCUT2D eigenvalue weighted by molar-refractivity contribution is 0.669. The molecule has 20 aromatic carbocycles. The van der Waals surface area contributed by atoms with E-state index in [1.54, 1.807) is 0 Å². The minimum absolute atomic E-state index is 0.489. The largest absolute Gasteiger partial charge is 0.456 e. The number of hydrogen-bond acceptors (Lipinski definition) is 12. The number of thiophene rings is 2. The Morgan fingerprint density at radius 1 is 0.141 bits per heavy atom. The van der Waals surface area contributed by atoms with Gasteiger partial charge in [-0.3, -0.25) is 0 Å². The second-order valence-electron chi connectivity index (χ2n) is 34.2. The minimum atomic E-state index is 0.489. The summed E-state index contributed by atoms with van der Waals surface area (Å²) in [5.74, 6) is 4.97. The fraction of sp³-hybridized carbons (Fsp3) is 0. The van der Waals surface area contributed by atoms with Gasteiger partial charge in [0.15, 0.2) is 52.4 Å². The predicted octanol–water partition coefficient (Wildman–Crippen LogP) is 33.0. The average molecular weight is 1760 g/mol. The molecule has 0 atom stereocenters. The number of nitrogens with zero attached hydrogens (tertiary/aromatic N) is 9. The van der Waals surface area contributed by atoms with Gasteiger partial charge < -0.3 is 4.42 Å². The number of fused-ring (bicyclic) bond motifs is 12. The van der Waals surface area contributed by atoms with Crippen molar-refractivity contribution >= 4 is 117 Å². The van der Waals surface area contributed by atoms with Gasteiger partial charge in [-0.2, -0.15) is 0 Å². The average Bonchev–Trinajstić information content (AvgIpc) is 1.76. The summed E-state index contributed by atoms with van der Waals surface area (Å²) >= 11 is 3.70. The van der Waals surface area contributed by atoms with Crippen LogP contribution in [0.5, 0.6) is 0 Å². The van der Waals surface area contributed by atoms with Crippen molar-refractivity contribution in [2.24, 2.45) is 0 Å². The van der Waals surface area contributed by atoms with E-state index in [1.807, 2.05) is 89.4 Å². The first-order chi connectivity index (χ1) is 66.8. The van der Waals surface area contributed by atoms with Crippen LogP contribution in [0.4, 0.5) is 0 Å². The zero-order chi connectivity index (χ0) is 89.0. The van der Waals surface area contributed by atoms with Crippen LogP contribution in [-0.2, 0) is 0 Å². The van der Waals surface area contributed by atoms with Crippen LogP contribution < -0.4 is 0 Å². The van der Waals surface area contributed by atoms with Gasteiger partial charge in [-0.25, -0.2) is 44.9 Å². The Morgan fingerprint density at radius 3 is 1.07 bits per heavy atom. The number of rotatable bonds is 16. The lowest BCUT2D eigenvalue weighted by atomic mass is 9.92. The Bertz CT molecular complexity index is 9290. The van der Waals surface area contributed by atoms with Crippen LogP contribution >= 0.6 is 22.7 Å². The molecule has 0 bridgehead atoms. The molecule has 6 heterocycles. The third-order valence-electron chi connectivity index (χ3n) is 26.0. The quantitative estimate of drug-likeness (QED) is 0.0922. The van der Waals surface area contributed by atoms with Crippen LogP contribution in [0.15, 0.2) is 447 Å². The molecule has 12 heteroatoms. The van der Waals surface area contributed by atoms with E-state index in [-0.39, 0.29) is 0 Å². The van der Waals surface area contributed by atoms with Gasteiger partial charge in [0, 0.05) is 101 Å². The van der Waals surface area contributed by atoms with E-state index >= 15 is 0 Å². The first-order valence-electron chi connectivity index (χ1n) is 45.2. The van der Waals surface area contributed by atoms with Crippen molar-refractivity contribution in [2.45, 2.75) is 0 Å². The van der Waals surface area contributed by atoms with Gasteiger partial charge in [-0.05, 0) is 201 Å². The Kier molecular flexibility index (Phi) is 19.1. The van der Waals surface area contributed by atoms with Crippen molar-refractivity contribution in [3.8, 4) is 180 Å². The van der Waals surface area contributed by atoms with Crippen molar-refractivity contribution in [2.75, 3.05) is 0 Å². The van der Waals surface area contributed by atoms with Gasteiger partial charge in [0.2, 0.25) is 0 Å². The highest BCUT2D eigenvalue weighted by molar-refractivity contribution is 7.26. The zero-order valence-corrected chi connectivity index (χ0v) is 74.0. The van der Waals surface area contributed by atoms with Crippen LogP contribution in [0.1, 0.15) is 0 Å². The highest BCUT2D eigenvalue weighted by Gasteiger charge is 2.25. The summed E-state index contributed by atoms with van der Waals surface area (Å²) in [6.07, 6.45) is 0. The normalized spacial score (nSPS) is 11.7. The summed E-state index contributed by atoms with van der Waals surface area (Å²) in [4.78, 5) is 48.5. The summed E-state index contributed by atoms with van der Waals surface area (Å²) in [5.41, 5.74) is 24.0. The first kappa shape index (κ1) is 78.5. The summed E-state index contributed by atoms with van der Waals surface area (Å²) < 4.78 is 12.2. The molecular formula is C123H73N9OS2. The third kappa shape index (κ3) is 14.3. The van der Waals surface area contributed by atoms with E-state index in [0.29, 0.717) is 52.4 Å². The second kappa shape index (κ2) is 32.8. The van der Waals surface area contributed by atoms with E-state index < -0.39 is 0 Å². The van der Waals surface area contributed by atoms with Crippen LogP contribution in [0.25, 0.3) is 275 Å².